The number of nitrogen functional groups attached to an aromatic ring is 1. The average Bonchev–Trinajstić information content (AvgIpc) is 2.37. The molecule has 0 radical (unpaired) electrons. The van der Waals surface area contributed by atoms with E-state index in [2.05, 4.69) is 32.0 Å². The van der Waals surface area contributed by atoms with E-state index in [0.717, 1.165) is 11.4 Å². The third-order valence-electron chi connectivity index (χ3n) is 3.32. The molecule has 2 rings (SSSR count). The third-order valence-corrected chi connectivity index (χ3v) is 3.56. The number of nitrogens with two attached hydrogens (primary N) is 1. The fourth-order valence-corrected chi connectivity index (χ4v) is 2.50. The molecule has 0 saturated carbocycles. The molecule has 0 amide bonds. The molecule has 2 aromatic rings. The van der Waals surface area contributed by atoms with Gasteiger partial charge in [-0.15, -0.1) is 0 Å². The maximum atomic E-state index is 7.71. The van der Waals surface area contributed by atoms with Gasteiger partial charge in [0.2, 0.25) is 0 Å². The zero-order valence-electron chi connectivity index (χ0n) is 11.9. The van der Waals surface area contributed by atoms with Crippen molar-refractivity contribution in [2.75, 3.05) is 11.9 Å². The summed E-state index contributed by atoms with van der Waals surface area (Å²) in [5, 5.41) is 8.29. The normalized spacial score (nSPS) is 10.4. The predicted octanol–water partition coefficient (Wildman–Crippen LogP) is 4.01. The molecule has 0 aliphatic heterocycles. The molecule has 0 bridgehead atoms. The summed E-state index contributed by atoms with van der Waals surface area (Å²) < 4.78 is 0. The van der Waals surface area contributed by atoms with Crippen molar-refractivity contribution in [3.8, 4) is 0 Å². The second kappa shape index (κ2) is 5.55. The minimum absolute atomic E-state index is 0.0131. The molecule has 2 aromatic carbocycles. The van der Waals surface area contributed by atoms with Crippen LogP contribution in [0.1, 0.15) is 16.7 Å². The minimum atomic E-state index is 0.0131. The van der Waals surface area contributed by atoms with E-state index in [1.54, 1.807) is 6.07 Å². The molecule has 4 heteroatoms. The Balaban J connectivity index is 2.53. The summed E-state index contributed by atoms with van der Waals surface area (Å²) >= 11 is 5.99. The van der Waals surface area contributed by atoms with Gasteiger partial charge in [-0.25, -0.2) is 0 Å². The van der Waals surface area contributed by atoms with E-state index in [0.29, 0.717) is 10.6 Å². The molecular formula is C16H18ClN3. The van der Waals surface area contributed by atoms with Crippen LogP contribution in [0.3, 0.4) is 0 Å². The molecule has 0 aromatic heterocycles. The van der Waals surface area contributed by atoms with Crippen molar-refractivity contribution in [3.63, 3.8) is 0 Å². The molecule has 0 unspecified atom stereocenters. The molecule has 3 N–H and O–H groups in total. The Kier molecular flexibility index (Phi) is 4.00. The standard InChI is InChI=1S/C16H18ClN3/c1-10-4-6-14(11(2)8-10)20(3)15-7-5-12(17)9-13(15)16(18)19/h4-9H,1-3H3,(H3,18,19). The highest BCUT2D eigenvalue weighted by molar-refractivity contribution is 6.31. The molecule has 0 atom stereocenters. The number of benzene rings is 2. The SMILES string of the molecule is Cc1ccc(N(C)c2ccc(Cl)cc2C(=N)N)c(C)c1. The number of hydrogen-bond acceptors (Lipinski definition) is 2. The van der Waals surface area contributed by atoms with Crippen LogP contribution in [-0.2, 0) is 0 Å². The van der Waals surface area contributed by atoms with Crippen LogP contribution in [0.4, 0.5) is 11.4 Å². The van der Waals surface area contributed by atoms with Gasteiger partial charge < -0.3 is 10.6 Å². The second-order valence-corrected chi connectivity index (χ2v) is 5.36. The number of nitrogens with zero attached hydrogens (tertiary/aromatic N) is 1. The molecule has 0 aliphatic rings. The number of amidine groups is 1. The molecule has 0 saturated heterocycles. The van der Waals surface area contributed by atoms with Crippen molar-refractivity contribution < 1.29 is 0 Å². The van der Waals surface area contributed by atoms with Gasteiger partial charge in [-0.1, -0.05) is 29.3 Å². The molecule has 0 spiro atoms. The van der Waals surface area contributed by atoms with Crippen LogP contribution >= 0.6 is 11.6 Å². The first-order valence-electron chi connectivity index (χ1n) is 6.35. The van der Waals surface area contributed by atoms with Crippen molar-refractivity contribution >= 4 is 28.8 Å². The zero-order valence-corrected chi connectivity index (χ0v) is 12.6. The monoisotopic (exact) mass is 287 g/mol. The fraction of sp³-hybridized carbons (Fsp3) is 0.188. The van der Waals surface area contributed by atoms with Crippen LogP contribution in [0.25, 0.3) is 0 Å². The van der Waals surface area contributed by atoms with Crippen LogP contribution in [-0.4, -0.2) is 12.9 Å². The molecule has 0 fully saturated rings. The quantitative estimate of drug-likeness (QED) is 0.662. The highest BCUT2D eigenvalue weighted by atomic mass is 35.5. The van der Waals surface area contributed by atoms with E-state index in [4.69, 9.17) is 22.7 Å². The first-order valence-corrected chi connectivity index (χ1v) is 6.73. The Morgan fingerprint density at radius 1 is 1.10 bits per heavy atom. The lowest BCUT2D eigenvalue weighted by molar-refractivity contribution is 1.17. The van der Waals surface area contributed by atoms with Gasteiger partial charge in [0.05, 0.1) is 5.69 Å². The van der Waals surface area contributed by atoms with E-state index in [1.807, 2.05) is 24.1 Å². The Morgan fingerprint density at radius 2 is 1.75 bits per heavy atom. The van der Waals surface area contributed by atoms with Gasteiger partial charge in [-0.05, 0) is 43.7 Å². The maximum absolute atomic E-state index is 7.71. The Morgan fingerprint density at radius 3 is 2.35 bits per heavy atom. The van der Waals surface area contributed by atoms with Crippen LogP contribution < -0.4 is 10.6 Å². The minimum Gasteiger partial charge on any atom is -0.384 e. The third kappa shape index (κ3) is 2.78. The Hall–Kier alpha value is -2.00. The lowest BCUT2D eigenvalue weighted by atomic mass is 10.1. The zero-order chi connectivity index (χ0) is 14.9. The lowest BCUT2D eigenvalue weighted by Crippen LogP contribution is -2.19. The second-order valence-electron chi connectivity index (χ2n) is 4.92. The molecule has 3 nitrogen and oxygen atoms in total. The molecule has 20 heavy (non-hydrogen) atoms. The van der Waals surface area contributed by atoms with E-state index in [1.165, 1.54) is 11.1 Å². The number of halogens is 1. The summed E-state index contributed by atoms with van der Waals surface area (Å²) in [5.74, 6) is 0.0131. The van der Waals surface area contributed by atoms with Gasteiger partial charge in [-0.2, -0.15) is 0 Å². The van der Waals surface area contributed by atoms with Crippen molar-refractivity contribution in [2.45, 2.75) is 13.8 Å². The van der Waals surface area contributed by atoms with Crippen LogP contribution in [0.2, 0.25) is 5.02 Å². The summed E-state index contributed by atoms with van der Waals surface area (Å²) in [5.41, 5.74) is 10.7. The van der Waals surface area contributed by atoms with E-state index >= 15 is 0 Å². The number of nitrogens with one attached hydrogen (secondary N) is 1. The smallest absolute Gasteiger partial charge is 0.124 e. The number of anilines is 2. The van der Waals surface area contributed by atoms with Crippen molar-refractivity contribution in [1.29, 1.82) is 5.41 Å². The average molecular weight is 288 g/mol. The summed E-state index contributed by atoms with van der Waals surface area (Å²) in [7, 11) is 1.97. The first-order chi connectivity index (χ1) is 9.40. The van der Waals surface area contributed by atoms with Gasteiger partial charge in [0.25, 0.3) is 0 Å². The van der Waals surface area contributed by atoms with Crippen molar-refractivity contribution in [3.05, 3.63) is 58.1 Å². The molecule has 104 valence electrons. The first kappa shape index (κ1) is 14.4. The van der Waals surface area contributed by atoms with Crippen LogP contribution in [0.5, 0.6) is 0 Å². The number of aryl methyl sites for hydroxylation is 2. The van der Waals surface area contributed by atoms with Gasteiger partial charge in [0.15, 0.2) is 0 Å². The number of hydrogen-bond donors (Lipinski definition) is 2. The van der Waals surface area contributed by atoms with Gasteiger partial charge in [0.1, 0.15) is 5.84 Å². The summed E-state index contributed by atoms with van der Waals surface area (Å²) in [4.78, 5) is 2.03. The van der Waals surface area contributed by atoms with Crippen LogP contribution in [0, 0.1) is 19.3 Å². The highest BCUT2D eigenvalue weighted by Gasteiger charge is 2.13. The Bertz CT molecular complexity index is 665. The Labute approximate surface area is 124 Å². The van der Waals surface area contributed by atoms with E-state index in [-0.39, 0.29) is 5.84 Å². The highest BCUT2D eigenvalue weighted by Crippen LogP contribution is 2.31. The fourth-order valence-electron chi connectivity index (χ4n) is 2.33. The summed E-state index contributed by atoms with van der Waals surface area (Å²) in [6.45, 7) is 4.14. The number of rotatable bonds is 3. The van der Waals surface area contributed by atoms with E-state index < -0.39 is 0 Å². The summed E-state index contributed by atoms with van der Waals surface area (Å²) in [6.07, 6.45) is 0. The molecule has 0 aliphatic carbocycles. The topological polar surface area (TPSA) is 53.1 Å². The lowest BCUT2D eigenvalue weighted by Gasteiger charge is -2.24. The van der Waals surface area contributed by atoms with Gasteiger partial charge in [-0.3, -0.25) is 5.41 Å². The maximum Gasteiger partial charge on any atom is 0.124 e. The van der Waals surface area contributed by atoms with Crippen molar-refractivity contribution in [2.24, 2.45) is 5.73 Å². The largest absolute Gasteiger partial charge is 0.384 e. The van der Waals surface area contributed by atoms with Gasteiger partial charge >= 0.3 is 0 Å². The predicted molar refractivity (Wildman–Crippen MR) is 86.4 cm³/mol. The van der Waals surface area contributed by atoms with Crippen molar-refractivity contribution in [1.82, 2.24) is 0 Å². The molecule has 0 heterocycles. The summed E-state index contributed by atoms with van der Waals surface area (Å²) in [6, 6.07) is 11.7. The van der Waals surface area contributed by atoms with E-state index in [9.17, 15) is 0 Å². The van der Waals surface area contributed by atoms with Crippen LogP contribution in [0.15, 0.2) is 36.4 Å². The van der Waals surface area contributed by atoms with Gasteiger partial charge in [0, 0.05) is 23.3 Å². The molecular weight excluding hydrogens is 270 g/mol.